The van der Waals surface area contributed by atoms with Crippen LogP contribution in [0.1, 0.15) is 25.7 Å². The first-order valence-corrected chi connectivity index (χ1v) is 8.35. The summed E-state index contributed by atoms with van der Waals surface area (Å²) in [6.07, 6.45) is 2.91. The molecule has 1 saturated heterocycles. The summed E-state index contributed by atoms with van der Waals surface area (Å²) >= 11 is 11.8. The second-order valence-corrected chi connectivity index (χ2v) is 7.31. The average Bonchev–Trinajstić information content (AvgIpc) is 2.57. The minimum atomic E-state index is -3.70. The van der Waals surface area contributed by atoms with Crippen LogP contribution in [0.3, 0.4) is 0 Å². The van der Waals surface area contributed by atoms with Gasteiger partial charge in [0.15, 0.2) is 0 Å². The normalized spacial score (nSPS) is 22.2. The van der Waals surface area contributed by atoms with E-state index in [0.29, 0.717) is 18.0 Å². The summed E-state index contributed by atoms with van der Waals surface area (Å²) in [6, 6.07) is 4.42. The highest BCUT2D eigenvalue weighted by Gasteiger charge is 2.32. The highest BCUT2D eigenvalue weighted by atomic mass is 35.5. The average molecular weight is 323 g/mol. The van der Waals surface area contributed by atoms with Crippen LogP contribution < -0.4 is 5.73 Å². The Balaban J connectivity index is 2.43. The Morgan fingerprint density at radius 3 is 2.68 bits per heavy atom. The molecule has 0 amide bonds. The van der Waals surface area contributed by atoms with E-state index in [4.69, 9.17) is 28.9 Å². The second kappa shape index (κ2) is 5.97. The molecule has 1 fully saturated rings. The van der Waals surface area contributed by atoms with E-state index in [9.17, 15) is 8.42 Å². The fraction of sp³-hybridized carbons (Fsp3) is 0.500. The first-order valence-electron chi connectivity index (χ1n) is 6.15. The van der Waals surface area contributed by atoms with Gasteiger partial charge in [-0.2, -0.15) is 4.31 Å². The van der Waals surface area contributed by atoms with Crippen LogP contribution in [-0.4, -0.2) is 25.4 Å². The minimum absolute atomic E-state index is 0.0269. The molecule has 1 aliphatic rings. The summed E-state index contributed by atoms with van der Waals surface area (Å²) in [6.45, 7) is 0.423. The number of rotatable bonds is 2. The van der Waals surface area contributed by atoms with E-state index in [2.05, 4.69) is 0 Å². The summed E-state index contributed by atoms with van der Waals surface area (Å²) in [7, 11) is -3.70. The zero-order chi connectivity index (χ0) is 14.0. The van der Waals surface area contributed by atoms with Crippen LogP contribution in [0, 0.1) is 0 Å². The van der Waals surface area contributed by atoms with Crippen molar-refractivity contribution < 1.29 is 8.42 Å². The lowest BCUT2D eigenvalue weighted by molar-refractivity contribution is 0.329. The molecule has 4 nitrogen and oxygen atoms in total. The largest absolute Gasteiger partial charge is 0.315 e. The maximum Gasteiger partial charge on any atom is 0.245 e. The fourth-order valence-corrected chi connectivity index (χ4v) is 4.53. The maximum atomic E-state index is 12.6. The van der Waals surface area contributed by atoms with Gasteiger partial charge in [0.1, 0.15) is 4.90 Å². The zero-order valence-corrected chi connectivity index (χ0v) is 12.7. The van der Waals surface area contributed by atoms with Crippen molar-refractivity contribution in [2.75, 3.05) is 6.54 Å². The van der Waals surface area contributed by atoms with Gasteiger partial charge in [0.05, 0.1) is 11.2 Å². The molecular formula is C12H16Cl2N2O2S. The van der Waals surface area contributed by atoms with Gasteiger partial charge < -0.3 is 5.73 Å². The van der Waals surface area contributed by atoms with Gasteiger partial charge in [0.2, 0.25) is 10.0 Å². The van der Waals surface area contributed by atoms with Crippen LogP contribution in [0.4, 0.5) is 0 Å². The van der Waals surface area contributed by atoms with Gasteiger partial charge in [-0.25, -0.2) is 8.42 Å². The highest BCUT2D eigenvalue weighted by Crippen LogP contribution is 2.29. The summed E-state index contributed by atoms with van der Waals surface area (Å²) in [5, 5.41) is 0.507. The Labute approximate surface area is 123 Å². The number of hydrogen-bond donors (Lipinski definition) is 1. The fourth-order valence-electron chi connectivity index (χ4n) is 2.21. The molecule has 7 heteroatoms. The summed E-state index contributed by atoms with van der Waals surface area (Å²) in [5.41, 5.74) is 5.96. The third-order valence-electron chi connectivity index (χ3n) is 3.23. The predicted molar refractivity (Wildman–Crippen MR) is 76.8 cm³/mol. The molecule has 0 aliphatic carbocycles. The van der Waals surface area contributed by atoms with Crippen LogP contribution in [0.15, 0.2) is 23.1 Å². The van der Waals surface area contributed by atoms with Gasteiger partial charge in [0.25, 0.3) is 0 Å². The lowest BCUT2D eigenvalue weighted by Gasteiger charge is -2.26. The van der Waals surface area contributed by atoms with E-state index < -0.39 is 16.2 Å². The topological polar surface area (TPSA) is 63.4 Å². The van der Waals surface area contributed by atoms with Gasteiger partial charge in [-0.1, -0.05) is 36.0 Å². The molecule has 2 N–H and O–H groups in total. The molecule has 0 radical (unpaired) electrons. The molecule has 0 saturated carbocycles. The van der Waals surface area contributed by atoms with Crippen LogP contribution in [0.2, 0.25) is 10.0 Å². The number of nitrogens with two attached hydrogens (primary N) is 1. The predicted octanol–water partition coefficient (Wildman–Crippen LogP) is 2.84. The number of benzene rings is 1. The van der Waals surface area contributed by atoms with Crippen LogP contribution in [0.25, 0.3) is 0 Å². The van der Waals surface area contributed by atoms with Crippen molar-refractivity contribution in [1.82, 2.24) is 4.31 Å². The summed E-state index contributed by atoms with van der Waals surface area (Å²) in [4.78, 5) is 0.0269. The van der Waals surface area contributed by atoms with Gasteiger partial charge in [-0.3, -0.25) is 0 Å². The smallest absolute Gasteiger partial charge is 0.245 e. The maximum absolute atomic E-state index is 12.6. The van der Waals surface area contributed by atoms with E-state index in [1.807, 2.05) is 0 Å². The van der Waals surface area contributed by atoms with E-state index >= 15 is 0 Å². The molecular weight excluding hydrogens is 307 g/mol. The molecule has 0 aromatic heterocycles. The molecule has 0 spiro atoms. The molecule has 1 aliphatic heterocycles. The number of halogens is 2. The number of sulfonamides is 1. The van der Waals surface area contributed by atoms with Crippen LogP contribution >= 0.6 is 23.2 Å². The quantitative estimate of drug-likeness (QED) is 0.910. The molecule has 106 valence electrons. The summed E-state index contributed by atoms with van der Waals surface area (Å²) < 4.78 is 26.6. The zero-order valence-electron chi connectivity index (χ0n) is 10.4. The number of hydrogen-bond acceptors (Lipinski definition) is 3. The monoisotopic (exact) mass is 322 g/mol. The van der Waals surface area contributed by atoms with Crippen LogP contribution in [0.5, 0.6) is 0 Å². The molecule has 0 bridgehead atoms. The van der Waals surface area contributed by atoms with Gasteiger partial charge >= 0.3 is 0 Å². The van der Waals surface area contributed by atoms with Crippen molar-refractivity contribution in [3.8, 4) is 0 Å². The molecule has 19 heavy (non-hydrogen) atoms. The second-order valence-electron chi connectivity index (χ2n) is 4.61. The standard InChI is InChI=1S/C12H16Cl2N2O2S/c13-9-5-6-10(14)11(8-9)19(17,18)16-7-3-1-2-4-12(16)15/h5-6,8,12H,1-4,7,15H2. The Hall–Kier alpha value is -0.330. The molecule has 1 aromatic carbocycles. The van der Waals surface area contributed by atoms with Crippen molar-refractivity contribution >= 4 is 33.2 Å². The van der Waals surface area contributed by atoms with Crippen LogP contribution in [-0.2, 0) is 10.0 Å². The van der Waals surface area contributed by atoms with Gasteiger partial charge in [-0.15, -0.1) is 0 Å². The van der Waals surface area contributed by atoms with Crippen molar-refractivity contribution in [2.45, 2.75) is 36.7 Å². The van der Waals surface area contributed by atoms with Gasteiger partial charge in [0, 0.05) is 11.6 Å². The SMILES string of the molecule is NC1CCCCCN1S(=O)(=O)c1cc(Cl)ccc1Cl. The molecule has 1 aromatic rings. The van der Waals surface area contributed by atoms with Crippen molar-refractivity contribution in [3.63, 3.8) is 0 Å². The summed E-state index contributed by atoms with van der Waals surface area (Å²) in [5.74, 6) is 0. The van der Waals surface area contributed by atoms with E-state index in [0.717, 1.165) is 19.3 Å². The first kappa shape index (κ1) is 15.1. The van der Waals surface area contributed by atoms with E-state index in [1.165, 1.54) is 16.4 Å². The van der Waals surface area contributed by atoms with Crippen molar-refractivity contribution in [2.24, 2.45) is 5.73 Å². The Morgan fingerprint density at radius 2 is 1.95 bits per heavy atom. The molecule has 2 rings (SSSR count). The third-order valence-corrected chi connectivity index (χ3v) is 5.87. The first-order chi connectivity index (χ1) is 8.93. The Morgan fingerprint density at radius 1 is 1.21 bits per heavy atom. The van der Waals surface area contributed by atoms with Crippen molar-refractivity contribution in [3.05, 3.63) is 28.2 Å². The third kappa shape index (κ3) is 3.23. The lowest BCUT2D eigenvalue weighted by Crippen LogP contribution is -2.45. The highest BCUT2D eigenvalue weighted by molar-refractivity contribution is 7.89. The number of nitrogens with zero attached hydrogens (tertiary/aromatic N) is 1. The van der Waals surface area contributed by atoms with E-state index in [-0.39, 0.29) is 9.92 Å². The molecule has 1 unspecified atom stereocenters. The Kier molecular flexibility index (Phi) is 4.74. The lowest BCUT2D eigenvalue weighted by atomic mass is 10.2. The Bertz CT molecular complexity index is 563. The molecule has 1 atom stereocenters. The van der Waals surface area contributed by atoms with Gasteiger partial charge in [-0.05, 0) is 31.0 Å². The molecule has 1 heterocycles. The van der Waals surface area contributed by atoms with Crippen molar-refractivity contribution in [1.29, 1.82) is 0 Å². The minimum Gasteiger partial charge on any atom is -0.315 e. The van der Waals surface area contributed by atoms with E-state index in [1.54, 1.807) is 6.07 Å².